The lowest BCUT2D eigenvalue weighted by Gasteiger charge is -2.09. The summed E-state index contributed by atoms with van der Waals surface area (Å²) in [6.07, 6.45) is 0. The molecule has 160 valence electrons. The molecule has 0 atom stereocenters. The highest BCUT2D eigenvalue weighted by atomic mass is 35.5. The molecule has 4 aromatic rings. The number of benzene rings is 3. The molecule has 32 heavy (non-hydrogen) atoms. The summed E-state index contributed by atoms with van der Waals surface area (Å²) in [7, 11) is 1.56. The number of ketones is 1. The second kappa shape index (κ2) is 9.40. The summed E-state index contributed by atoms with van der Waals surface area (Å²) in [4.78, 5) is 26.4. The van der Waals surface area contributed by atoms with Crippen molar-refractivity contribution in [2.75, 3.05) is 12.4 Å². The monoisotopic (exact) mass is 447 g/mol. The molecule has 1 N–H and O–H groups in total. The molecule has 9 heteroatoms. The number of nitrogens with zero attached hydrogens (tertiary/aromatic N) is 4. The fourth-order valence-corrected chi connectivity index (χ4v) is 3.26. The van der Waals surface area contributed by atoms with E-state index in [0.717, 1.165) is 0 Å². The predicted molar refractivity (Wildman–Crippen MR) is 120 cm³/mol. The van der Waals surface area contributed by atoms with Gasteiger partial charge in [-0.3, -0.25) is 9.59 Å². The van der Waals surface area contributed by atoms with Crippen LogP contribution in [0.1, 0.15) is 20.7 Å². The number of methoxy groups -OCH3 is 1. The van der Waals surface area contributed by atoms with Gasteiger partial charge in [0.1, 0.15) is 12.3 Å². The van der Waals surface area contributed by atoms with E-state index in [4.69, 9.17) is 16.3 Å². The number of para-hydroxylation sites is 1. The van der Waals surface area contributed by atoms with Crippen molar-refractivity contribution in [1.82, 2.24) is 20.2 Å². The van der Waals surface area contributed by atoms with Gasteiger partial charge in [0.15, 0.2) is 5.78 Å². The molecule has 1 aromatic heterocycles. The zero-order valence-electron chi connectivity index (χ0n) is 17.0. The number of anilines is 1. The van der Waals surface area contributed by atoms with Gasteiger partial charge in [0.05, 0.1) is 23.4 Å². The number of ether oxygens (including phenoxy) is 1. The van der Waals surface area contributed by atoms with Gasteiger partial charge < -0.3 is 10.1 Å². The summed E-state index contributed by atoms with van der Waals surface area (Å²) in [6.45, 7) is -0.0759. The number of carbonyl (C=O) groups excluding carboxylic acids is 2. The van der Waals surface area contributed by atoms with Gasteiger partial charge in [-0.15, -0.1) is 10.2 Å². The van der Waals surface area contributed by atoms with Crippen molar-refractivity contribution in [2.45, 2.75) is 6.54 Å². The Labute approximate surface area is 188 Å². The molecule has 0 aliphatic heterocycles. The minimum atomic E-state index is -0.356. The Bertz CT molecular complexity index is 1270. The van der Waals surface area contributed by atoms with Crippen LogP contribution in [-0.2, 0) is 6.54 Å². The van der Waals surface area contributed by atoms with E-state index in [2.05, 4.69) is 20.7 Å². The van der Waals surface area contributed by atoms with Gasteiger partial charge in [-0.2, -0.15) is 4.80 Å². The Kier molecular flexibility index (Phi) is 6.23. The van der Waals surface area contributed by atoms with E-state index >= 15 is 0 Å². The normalized spacial score (nSPS) is 10.6. The number of halogens is 1. The van der Waals surface area contributed by atoms with Crippen LogP contribution in [0.15, 0.2) is 72.8 Å². The molecular formula is C23H18ClN5O3. The van der Waals surface area contributed by atoms with E-state index in [0.29, 0.717) is 33.1 Å². The molecule has 0 saturated carbocycles. The van der Waals surface area contributed by atoms with Gasteiger partial charge >= 0.3 is 0 Å². The van der Waals surface area contributed by atoms with Gasteiger partial charge in [-0.25, -0.2) is 0 Å². The average molecular weight is 448 g/mol. The molecule has 1 amide bonds. The summed E-state index contributed by atoms with van der Waals surface area (Å²) in [5.74, 6) is 0.419. The Hall–Kier alpha value is -4.04. The summed E-state index contributed by atoms with van der Waals surface area (Å²) < 4.78 is 5.10. The molecular weight excluding hydrogens is 430 g/mol. The first-order chi connectivity index (χ1) is 15.5. The third-order valence-corrected chi connectivity index (χ3v) is 5.01. The van der Waals surface area contributed by atoms with Gasteiger partial charge in [-0.1, -0.05) is 35.9 Å². The first-order valence-electron chi connectivity index (χ1n) is 9.65. The van der Waals surface area contributed by atoms with Gasteiger partial charge in [0.25, 0.3) is 5.91 Å². The maximum atomic E-state index is 12.7. The minimum Gasteiger partial charge on any atom is -0.497 e. The van der Waals surface area contributed by atoms with Gasteiger partial charge in [0, 0.05) is 11.1 Å². The number of aromatic nitrogens is 4. The molecule has 8 nitrogen and oxygen atoms in total. The average Bonchev–Trinajstić information content (AvgIpc) is 3.28. The van der Waals surface area contributed by atoms with Crippen molar-refractivity contribution in [3.63, 3.8) is 0 Å². The van der Waals surface area contributed by atoms with E-state index < -0.39 is 0 Å². The second-order valence-corrected chi connectivity index (χ2v) is 7.18. The smallest absolute Gasteiger partial charge is 0.257 e. The number of nitrogens with one attached hydrogen (secondary N) is 1. The molecule has 4 rings (SSSR count). The molecule has 0 fully saturated rings. The van der Waals surface area contributed by atoms with Crippen LogP contribution in [0.25, 0.3) is 11.4 Å². The fraction of sp³-hybridized carbons (Fsp3) is 0.0870. The van der Waals surface area contributed by atoms with E-state index in [1.165, 1.54) is 4.80 Å². The maximum absolute atomic E-state index is 12.7. The second-order valence-electron chi connectivity index (χ2n) is 6.77. The van der Waals surface area contributed by atoms with Crippen molar-refractivity contribution in [3.8, 4) is 17.1 Å². The fourth-order valence-electron chi connectivity index (χ4n) is 3.04. The van der Waals surface area contributed by atoms with Crippen molar-refractivity contribution >= 4 is 29.0 Å². The van der Waals surface area contributed by atoms with Crippen LogP contribution in [0.2, 0.25) is 5.02 Å². The molecule has 0 spiro atoms. The number of hydrogen-bond donors (Lipinski definition) is 1. The topological polar surface area (TPSA) is 99.0 Å². The van der Waals surface area contributed by atoms with Crippen molar-refractivity contribution in [1.29, 1.82) is 0 Å². The van der Waals surface area contributed by atoms with Crippen LogP contribution in [-0.4, -0.2) is 39.0 Å². The quantitative estimate of drug-likeness (QED) is 0.427. The lowest BCUT2D eigenvalue weighted by molar-refractivity contribution is 0.0960. The van der Waals surface area contributed by atoms with Crippen LogP contribution in [0.4, 0.5) is 5.69 Å². The Balaban J connectivity index is 1.52. The van der Waals surface area contributed by atoms with Crippen LogP contribution in [0.5, 0.6) is 5.75 Å². The molecule has 0 radical (unpaired) electrons. The Morgan fingerprint density at radius 2 is 1.72 bits per heavy atom. The molecule has 0 aliphatic carbocycles. The highest BCUT2D eigenvalue weighted by molar-refractivity contribution is 6.34. The number of hydrogen-bond acceptors (Lipinski definition) is 6. The summed E-state index contributed by atoms with van der Waals surface area (Å²) in [5, 5.41) is 15.5. The summed E-state index contributed by atoms with van der Waals surface area (Å²) in [5.41, 5.74) is 1.93. The van der Waals surface area contributed by atoms with Gasteiger partial charge in [0.2, 0.25) is 5.82 Å². The van der Waals surface area contributed by atoms with Crippen molar-refractivity contribution < 1.29 is 14.3 Å². The molecule has 1 heterocycles. The highest BCUT2D eigenvalue weighted by Crippen LogP contribution is 2.26. The van der Waals surface area contributed by atoms with Crippen LogP contribution >= 0.6 is 11.6 Å². The lowest BCUT2D eigenvalue weighted by atomic mass is 10.1. The van der Waals surface area contributed by atoms with E-state index in [-0.39, 0.29) is 24.1 Å². The van der Waals surface area contributed by atoms with E-state index in [1.54, 1.807) is 79.9 Å². The lowest BCUT2D eigenvalue weighted by Crippen LogP contribution is -2.14. The third-order valence-electron chi connectivity index (χ3n) is 4.68. The zero-order valence-corrected chi connectivity index (χ0v) is 17.8. The minimum absolute atomic E-state index is 0.0759. The van der Waals surface area contributed by atoms with Crippen LogP contribution in [0, 0.1) is 0 Å². The Morgan fingerprint density at radius 3 is 2.47 bits per heavy atom. The highest BCUT2D eigenvalue weighted by Gasteiger charge is 2.16. The standard InChI is InChI=1S/C23H18ClN5O3/c1-32-16-12-10-15(11-13-16)21(30)14-29-27-22(26-28-29)18-7-3-5-9-20(18)25-23(31)17-6-2-4-8-19(17)24/h2-13H,14H2,1H3,(H,25,31). The number of Topliss-reactive ketones (excluding diaryl/α,β-unsaturated/α-hetero) is 1. The maximum Gasteiger partial charge on any atom is 0.257 e. The number of tetrazole rings is 1. The first-order valence-corrected chi connectivity index (χ1v) is 10.0. The summed E-state index contributed by atoms with van der Waals surface area (Å²) >= 11 is 6.12. The number of rotatable bonds is 7. The van der Waals surface area contributed by atoms with Crippen LogP contribution in [0.3, 0.4) is 0 Å². The van der Waals surface area contributed by atoms with Crippen molar-refractivity contribution in [3.05, 3.63) is 88.9 Å². The summed E-state index contributed by atoms with van der Waals surface area (Å²) in [6, 6.07) is 20.6. The van der Waals surface area contributed by atoms with Gasteiger partial charge in [-0.05, 0) is 53.7 Å². The molecule has 3 aromatic carbocycles. The van der Waals surface area contributed by atoms with Crippen molar-refractivity contribution in [2.24, 2.45) is 0 Å². The first kappa shape index (κ1) is 21.2. The van der Waals surface area contributed by atoms with E-state index in [9.17, 15) is 9.59 Å². The molecule has 0 bridgehead atoms. The molecule has 0 aliphatic rings. The predicted octanol–water partition coefficient (Wildman–Crippen LogP) is 4.14. The largest absolute Gasteiger partial charge is 0.497 e. The SMILES string of the molecule is COc1ccc(C(=O)Cn2nnc(-c3ccccc3NC(=O)c3ccccc3Cl)n2)cc1. The molecule has 0 unspecified atom stereocenters. The zero-order chi connectivity index (χ0) is 22.5. The Morgan fingerprint density at radius 1 is 1.00 bits per heavy atom. The number of amides is 1. The molecule has 0 saturated heterocycles. The van der Waals surface area contributed by atoms with E-state index in [1.807, 2.05) is 0 Å². The number of carbonyl (C=O) groups is 2. The third kappa shape index (κ3) is 4.65. The van der Waals surface area contributed by atoms with Crippen LogP contribution < -0.4 is 10.1 Å².